The fourth-order valence-corrected chi connectivity index (χ4v) is 1.35. The Morgan fingerprint density at radius 1 is 1.38 bits per heavy atom. The second-order valence-corrected chi connectivity index (χ2v) is 3.25. The molecule has 0 aliphatic rings. The van der Waals surface area contributed by atoms with E-state index >= 15 is 0 Å². The van der Waals surface area contributed by atoms with Crippen molar-refractivity contribution in [2.75, 3.05) is 12.8 Å². The molecule has 0 heterocycles. The standard InChI is InChI=1S/C8H8Cl2N2O/c1-12-8(13)4-2-5(9)7(11)6(10)3-4/h2-3H,11H2,1H3,(H,12,13). The molecule has 0 radical (unpaired) electrons. The lowest BCUT2D eigenvalue weighted by molar-refractivity contribution is 0.0963. The normalized spacial score (nSPS) is 9.77. The molecule has 0 aliphatic heterocycles. The Kier molecular flexibility index (Phi) is 3.01. The molecule has 0 aromatic heterocycles. The van der Waals surface area contributed by atoms with E-state index in [4.69, 9.17) is 28.9 Å². The summed E-state index contributed by atoms with van der Waals surface area (Å²) >= 11 is 11.5. The zero-order valence-electron chi connectivity index (χ0n) is 6.90. The minimum absolute atomic E-state index is 0.246. The molecule has 1 aromatic carbocycles. The van der Waals surface area contributed by atoms with E-state index in [-0.39, 0.29) is 21.6 Å². The number of halogens is 2. The van der Waals surface area contributed by atoms with Crippen molar-refractivity contribution in [1.82, 2.24) is 5.32 Å². The van der Waals surface area contributed by atoms with E-state index < -0.39 is 0 Å². The van der Waals surface area contributed by atoms with E-state index in [1.807, 2.05) is 0 Å². The lowest BCUT2D eigenvalue weighted by Gasteiger charge is -2.04. The number of rotatable bonds is 1. The Hall–Kier alpha value is -0.930. The maximum Gasteiger partial charge on any atom is 0.251 e. The van der Waals surface area contributed by atoms with Gasteiger partial charge in [0, 0.05) is 12.6 Å². The number of carbonyl (C=O) groups is 1. The van der Waals surface area contributed by atoms with Gasteiger partial charge < -0.3 is 11.1 Å². The van der Waals surface area contributed by atoms with Crippen molar-refractivity contribution < 1.29 is 4.79 Å². The predicted molar refractivity (Wildman–Crippen MR) is 54.3 cm³/mol. The molecule has 3 nitrogen and oxygen atoms in total. The quantitative estimate of drug-likeness (QED) is 0.709. The van der Waals surface area contributed by atoms with Crippen LogP contribution >= 0.6 is 23.2 Å². The van der Waals surface area contributed by atoms with Gasteiger partial charge in [-0.3, -0.25) is 4.79 Å². The van der Waals surface area contributed by atoms with Gasteiger partial charge in [0.15, 0.2) is 0 Å². The van der Waals surface area contributed by atoms with Crippen molar-refractivity contribution >= 4 is 34.8 Å². The monoisotopic (exact) mass is 218 g/mol. The fraction of sp³-hybridized carbons (Fsp3) is 0.125. The fourth-order valence-electron chi connectivity index (χ4n) is 0.860. The lowest BCUT2D eigenvalue weighted by atomic mass is 10.2. The first-order chi connectivity index (χ1) is 6.06. The topological polar surface area (TPSA) is 55.1 Å². The van der Waals surface area contributed by atoms with Crippen molar-refractivity contribution in [3.05, 3.63) is 27.7 Å². The molecule has 3 N–H and O–H groups in total. The van der Waals surface area contributed by atoms with Gasteiger partial charge >= 0.3 is 0 Å². The highest BCUT2D eigenvalue weighted by atomic mass is 35.5. The molecule has 1 amide bonds. The summed E-state index contributed by atoms with van der Waals surface area (Å²) in [6.45, 7) is 0. The first-order valence-electron chi connectivity index (χ1n) is 3.53. The van der Waals surface area contributed by atoms with Gasteiger partial charge in [-0.25, -0.2) is 0 Å². The van der Waals surface area contributed by atoms with Crippen LogP contribution in [0.4, 0.5) is 5.69 Å². The lowest BCUT2D eigenvalue weighted by Crippen LogP contribution is -2.17. The number of hydrogen-bond donors (Lipinski definition) is 2. The van der Waals surface area contributed by atoms with Gasteiger partial charge in [0.2, 0.25) is 0 Å². The number of hydrogen-bond acceptors (Lipinski definition) is 2. The molecule has 0 spiro atoms. The summed E-state index contributed by atoms with van der Waals surface area (Å²) < 4.78 is 0. The van der Waals surface area contributed by atoms with Crippen molar-refractivity contribution in [2.45, 2.75) is 0 Å². The van der Waals surface area contributed by atoms with Gasteiger partial charge in [-0.15, -0.1) is 0 Å². The third-order valence-electron chi connectivity index (χ3n) is 1.57. The number of benzene rings is 1. The van der Waals surface area contributed by atoms with E-state index in [0.717, 1.165) is 0 Å². The van der Waals surface area contributed by atoms with Gasteiger partial charge in [0.05, 0.1) is 15.7 Å². The van der Waals surface area contributed by atoms with Gasteiger partial charge in [0.1, 0.15) is 0 Å². The summed E-state index contributed by atoms with van der Waals surface area (Å²) in [5, 5.41) is 3.02. The third kappa shape index (κ3) is 2.05. The molecular weight excluding hydrogens is 211 g/mol. The highest BCUT2D eigenvalue weighted by Crippen LogP contribution is 2.28. The maximum atomic E-state index is 11.2. The molecule has 5 heteroatoms. The maximum absolute atomic E-state index is 11.2. The van der Waals surface area contributed by atoms with Gasteiger partial charge in [-0.1, -0.05) is 23.2 Å². The summed E-state index contributed by atoms with van der Waals surface area (Å²) in [6, 6.07) is 2.95. The van der Waals surface area contributed by atoms with Crippen LogP contribution in [0, 0.1) is 0 Å². The van der Waals surface area contributed by atoms with E-state index in [1.165, 1.54) is 19.2 Å². The zero-order valence-corrected chi connectivity index (χ0v) is 8.41. The van der Waals surface area contributed by atoms with Crippen LogP contribution in [0.5, 0.6) is 0 Å². The van der Waals surface area contributed by atoms with Crippen molar-refractivity contribution in [1.29, 1.82) is 0 Å². The van der Waals surface area contributed by atoms with Gasteiger partial charge in [0.25, 0.3) is 5.91 Å². The molecule has 0 unspecified atom stereocenters. The molecule has 0 aliphatic carbocycles. The average molecular weight is 219 g/mol. The molecule has 13 heavy (non-hydrogen) atoms. The molecule has 70 valence electrons. The van der Waals surface area contributed by atoms with E-state index in [9.17, 15) is 4.79 Å². The summed E-state index contributed by atoms with van der Waals surface area (Å²) in [7, 11) is 1.53. The van der Waals surface area contributed by atoms with E-state index in [1.54, 1.807) is 0 Å². The second-order valence-electron chi connectivity index (χ2n) is 2.43. The van der Waals surface area contributed by atoms with Gasteiger partial charge in [-0.05, 0) is 12.1 Å². The molecule has 0 bridgehead atoms. The van der Waals surface area contributed by atoms with Crippen molar-refractivity contribution in [3.63, 3.8) is 0 Å². The van der Waals surface area contributed by atoms with E-state index in [2.05, 4.69) is 5.32 Å². The van der Waals surface area contributed by atoms with Crippen LogP contribution in [0.3, 0.4) is 0 Å². The Labute approximate surface area is 85.8 Å². The second kappa shape index (κ2) is 3.85. The first-order valence-corrected chi connectivity index (χ1v) is 4.28. The largest absolute Gasteiger partial charge is 0.396 e. The number of nitrogen functional groups attached to an aromatic ring is 1. The Balaban J connectivity index is 3.20. The molecule has 0 saturated carbocycles. The van der Waals surface area contributed by atoms with Crippen LogP contribution in [0.15, 0.2) is 12.1 Å². The van der Waals surface area contributed by atoms with Crippen LogP contribution in [0.2, 0.25) is 10.0 Å². The molecule has 0 atom stereocenters. The number of nitrogens with two attached hydrogens (primary N) is 1. The molecule has 1 aromatic rings. The van der Waals surface area contributed by atoms with Crippen LogP contribution in [0.1, 0.15) is 10.4 Å². The van der Waals surface area contributed by atoms with E-state index in [0.29, 0.717) is 5.56 Å². The SMILES string of the molecule is CNC(=O)c1cc(Cl)c(N)c(Cl)c1. The minimum atomic E-state index is -0.246. The predicted octanol–water partition coefficient (Wildman–Crippen LogP) is 1.94. The zero-order chi connectivity index (χ0) is 10.0. The van der Waals surface area contributed by atoms with Crippen LogP contribution in [0.25, 0.3) is 0 Å². The molecular formula is C8H8Cl2N2O. The first kappa shape index (κ1) is 10.2. The number of anilines is 1. The number of nitrogens with one attached hydrogen (secondary N) is 1. The summed E-state index contributed by atoms with van der Waals surface area (Å²) in [5.74, 6) is -0.246. The minimum Gasteiger partial charge on any atom is -0.396 e. The highest BCUT2D eigenvalue weighted by molar-refractivity contribution is 6.39. The summed E-state index contributed by atoms with van der Waals surface area (Å²) in [6.07, 6.45) is 0. The van der Waals surface area contributed by atoms with Crippen molar-refractivity contribution in [2.24, 2.45) is 0 Å². The molecule has 0 fully saturated rings. The summed E-state index contributed by atoms with van der Waals surface area (Å²) in [4.78, 5) is 11.2. The highest BCUT2D eigenvalue weighted by Gasteiger charge is 2.09. The number of carbonyl (C=O) groups excluding carboxylic acids is 1. The van der Waals surface area contributed by atoms with Crippen LogP contribution in [-0.4, -0.2) is 13.0 Å². The Bertz CT molecular complexity index is 329. The smallest absolute Gasteiger partial charge is 0.251 e. The van der Waals surface area contributed by atoms with Crippen LogP contribution < -0.4 is 11.1 Å². The average Bonchev–Trinajstić information content (AvgIpc) is 2.12. The third-order valence-corrected chi connectivity index (χ3v) is 2.19. The Morgan fingerprint density at radius 2 is 1.85 bits per heavy atom. The molecule has 0 saturated heterocycles. The van der Waals surface area contributed by atoms with Crippen molar-refractivity contribution in [3.8, 4) is 0 Å². The van der Waals surface area contributed by atoms with Crippen LogP contribution in [-0.2, 0) is 0 Å². The van der Waals surface area contributed by atoms with Gasteiger partial charge in [-0.2, -0.15) is 0 Å². The number of amides is 1. The molecule has 1 rings (SSSR count). The Morgan fingerprint density at radius 3 is 2.23 bits per heavy atom. The summed E-state index contributed by atoms with van der Waals surface area (Å²) in [5.41, 5.74) is 6.18.